The van der Waals surface area contributed by atoms with Gasteiger partial charge in [-0.2, -0.15) is 0 Å². The van der Waals surface area contributed by atoms with Crippen LogP contribution in [0.15, 0.2) is 12.1 Å². The van der Waals surface area contributed by atoms with Gasteiger partial charge in [0.25, 0.3) is 0 Å². The molecule has 1 aromatic carbocycles. The Kier molecular flexibility index (Phi) is 3.94. The molecular formula is C7H4F2I2O. The van der Waals surface area contributed by atoms with Gasteiger partial charge in [-0.15, -0.1) is 0 Å². The highest BCUT2D eigenvalue weighted by molar-refractivity contribution is 14.1. The fourth-order valence-corrected chi connectivity index (χ4v) is 1.73. The van der Waals surface area contributed by atoms with Crippen LogP contribution in [0.4, 0.5) is 8.78 Å². The van der Waals surface area contributed by atoms with Gasteiger partial charge in [-0.1, -0.05) is 0 Å². The molecule has 1 aromatic rings. The number of hydrogen-bond donors (Lipinski definition) is 0. The van der Waals surface area contributed by atoms with Crippen molar-refractivity contribution < 1.29 is 13.5 Å². The molecule has 0 saturated heterocycles. The number of alkyl halides is 1. The molecule has 66 valence electrons. The van der Waals surface area contributed by atoms with Crippen LogP contribution in [-0.2, 0) is 0 Å². The van der Waals surface area contributed by atoms with Crippen LogP contribution in [0.25, 0.3) is 0 Å². The Balaban J connectivity index is 3.09. The topological polar surface area (TPSA) is 9.23 Å². The maximum Gasteiger partial charge on any atom is 0.228 e. The summed E-state index contributed by atoms with van der Waals surface area (Å²) < 4.78 is 30.5. The Bertz CT molecular complexity index is 291. The highest BCUT2D eigenvalue weighted by Crippen LogP contribution is 2.27. The molecule has 0 saturated carbocycles. The summed E-state index contributed by atoms with van der Waals surface area (Å²) >= 11 is 3.94. The van der Waals surface area contributed by atoms with Crippen LogP contribution in [-0.4, -0.2) is 6.86 Å². The Morgan fingerprint density at radius 1 is 1.33 bits per heavy atom. The van der Waals surface area contributed by atoms with E-state index >= 15 is 0 Å². The van der Waals surface area contributed by atoms with E-state index in [0.717, 1.165) is 7.14 Å². The van der Waals surface area contributed by atoms with Crippen LogP contribution in [0.1, 0.15) is 0 Å². The zero-order valence-corrected chi connectivity index (χ0v) is 10.1. The summed E-state index contributed by atoms with van der Waals surface area (Å²) in [6.07, 6.45) is 0. The molecule has 0 N–H and O–H groups in total. The van der Waals surface area contributed by atoms with Crippen LogP contribution < -0.4 is 4.74 Å². The van der Waals surface area contributed by atoms with Crippen molar-refractivity contribution >= 4 is 45.2 Å². The molecule has 0 aliphatic carbocycles. The fourth-order valence-electron chi connectivity index (χ4n) is 0.696. The molecule has 0 amide bonds. The van der Waals surface area contributed by atoms with Gasteiger partial charge in [0.15, 0.2) is 0 Å². The lowest BCUT2D eigenvalue weighted by Gasteiger charge is -2.05. The molecule has 5 heteroatoms. The Hall–Kier alpha value is 0.340. The van der Waals surface area contributed by atoms with Crippen molar-refractivity contribution in [2.75, 3.05) is 6.86 Å². The maximum atomic E-state index is 12.7. The van der Waals surface area contributed by atoms with E-state index < -0.39 is 12.7 Å². The molecule has 1 nitrogen and oxygen atoms in total. The summed E-state index contributed by atoms with van der Waals surface area (Å²) in [5, 5.41) is 0. The maximum absolute atomic E-state index is 12.7. The lowest BCUT2D eigenvalue weighted by atomic mass is 10.3. The molecule has 0 bridgehead atoms. The van der Waals surface area contributed by atoms with Gasteiger partial charge in [-0.05, 0) is 51.2 Å². The minimum absolute atomic E-state index is 0.252. The Morgan fingerprint density at radius 2 is 2.00 bits per heavy atom. The van der Waals surface area contributed by atoms with Crippen LogP contribution in [0.5, 0.6) is 5.75 Å². The predicted octanol–water partition coefficient (Wildman–Crippen LogP) is 3.34. The van der Waals surface area contributed by atoms with Crippen molar-refractivity contribution in [2.45, 2.75) is 0 Å². The van der Waals surface area contributed by atoms with Gasteiger partial charge in [0.05, 0.1) is 3.57 Å². The van der Waals surface area contributed by atoms with Gasteiger partial charge in [-0.25, -0.2) is 8.78 Å². The first-order chi connectivity index (χ1) is 5.65. The number of halogens is 4. The van der Waals surface area contributed by atoms with Gasteiger partial charge in [0.1, 0.15) is 11.6 Å². The van der Waals surface area contributed by atoms with Crippen LogP contribution in [0.2, 0.25) is 0 Å². The van der Waals surface area contributed by atoms with E-state index in [0.29, 0.717) is 0 Å². The zero-order valence-electron chi connectivity index (χ0n) is 5.78. The van der Waals surface area contributed by atoms with Crippen molar-refractivity contribution in [3.63, 3.8) is 0 Å². The second-order valence-electron chi connectivity index (χ2n) is 1.95. The van der Waals surface area contributed by atoms with Gasteiger partial charge in [0.2, 0.25) is 6.86 Å². The number of hydrogen-bond acceptors (Lipinski definition) is 1. The fraction of sp³-hybridized carbons (Fsp3) is 0.143. The molecule has 0 atom stereocenters. The third-order valence-corrected chi connectivity index (χ3v) is 4.17. The van der Waals surface area contributed by atoms with Gasteiger partial charge in [-0.3, -0.25) is 0 Å². The second kappa shape index (κ2) is 4.54. The third kappa shape index (κ3) is 2.41. The van der Waals surface area contributed by atoms with Crippen molar-refractivity contribution in [3.05, 3.63) is 25.1 Å². The van der Waals surface area contributed by atoms with Gasteiger partial charge in [0, 0.05) is 9.64 Å². The van der Waals surface area contributed by atoms with E-state index in [1.54, 1.807) is 0 Å². The molecule has 0 spiro atoms. The highest BCUT2D eigenvalue weighted by Gasteiger charge is 2.07. The summed E-state index contributed by atoms with van der Waals surface area (Å²) in [5.74, 6) is -0.161. The van der Waals surface area contributed by atoms with E-state index in [4.69, 9.17) is 0 Å². The number of rotatable bonds is 2. The molecule has 1 rings (SSSR count). The summed E-state index contributed by atoms with van der Waals surface area (Å²) in [4.78, 5) is 0. The van der Waals surface area contributed by atoms with Crippen molar-refractivity contribution in [2.24, 2.45) is 0 Å². The summed E-state index contributed by atoms with van der Waals surface area (Å²) in [7, 11) is 0. The Labute approximate surface area is 95.8 Å². The molecule has 0 aromatic heterocycles. The monoisotopic (exact) mass is 396 g/mol. The van der Waals surface area contributed by atoms with Gasteiger partial charge < -0.3 is 4.74 Å². The molecule has 12 heavy (non-hydrogen) atoms. The molecule has 0 fully saturated rings. The summed E-state index contributed by atoms with van der Waals surface area (Å²) in [6, 6.07) is 2.54. The summed E-state index contributed by atoms with van der Waals surface area (Å²) in [5.41, 5.74) is 0. The van der Waals surface area contributed by atoms with E-state index in [1.165, 1.54) is 12.1 Å². The lowest BCUT2D eigenvalue weighted by molar-refractivity contribution is 0.189. The normalized spacial score (nSPS) is 10.0. The number of ether oxygens (including phenoxy) is 1. The lowest BCUT2D eigenvalue weighted by Crippen LogP contribution is -1.95. The second-order valence-corrected chi connectivity index (χ2v) is 4.19. The van der Waals surface area contributed by atoms with E-state index in [2.05, 4.69) is 4.74 Å². The van der Waals surface area contributed by atoms with Crippen LogP contribution in [0.3, 0.4) is 0 Å². The largest absolute Gasteiger partial charge is 0.462 e. The highest BCUT2D eigenvalue weighted by atomic mass is 127. The predicted molar refractivity (Wildman–Crippen MR) is 58.4 cm³/mol. The minimum Gasteiger partial charge on any atom is -0.462 e. The first-order valence-electron chi connectivity index (χ1n) is 2.98. The zero-order chi connectivity index (χ0) is 9.14. The Morgan fingerprint density at radius 3 is 2.58 bits per heavy atom. The molecule has 0 unspecified atom stereocenters. The molecular weight excluding hydrogens is 392 g/mol. The first-order valence-corrected chi connectivity index (χ1v) is 5.14. The van der Waals surface area contributed by atoms with E-state index in [-0.39, 0.29) is 5.75 Å². The minimum atomic E-state index is -0.935. The summed E-state index contributed by atoms with van der Waals surface area (Å²) in [6.45, 7) is -0.935. The first kappa shape index (κ1) is 10.4. The molecule has 0 aliphatic rings. The smallest absolute Gasteiger partial charge is 0.228 e. The quantitative estimate of drug-likeness (QED) is 0.551. The number of benzene rings is 1. The molecule has 0 heterocycles. The average molecular weight is 396 g/mol. The van der Waals surface area contributed by atoms with Gasteiger partial charge >= 0.3 is 0 Å². The van der Waals surface area contributed by atoms with Crippen molar-refractivity contribution in [1.82, 2.24) is 0 Å². The van der Waals surface area contributed by atoms with Crippen LogP contribution >= 0.6 is 45.2 Å². The third-order valence-electron chi connectivity index (χ3n) is 1.17. The van der Waals surface area contributed by atoms with Crippen LogP contribution in [0, 0.1) is 13.0 Å². The van der Waals surface area contributed by atoms with E-state index in [9.17, 15) is 8.78 Å². The SMILES string of the molecule is FCOc1cc(F)cc(I)c1I. The molecule has 0 radical (unpaired) electrons. The van der Waals surface area contributed by atoms with E-state index in [1.807, 2.05) is 45.2 Å². The average Bonchev–Trinajstić information content (AvgIpc) is 2.00. The standard InChI is InChI=1S/C7H4F2I2O/c8-3-12-6-2-4(9)1-5(10)7(6)11/h1-2H,3H2. The van der Waals surface area contributed by atoms with Crippen molar-refractivity contribution in [3.8, 4) is 5.75 Å². The molecule has 0 aliphatic heterocycles. The van der Waals surface area contributed by atoms with Crippen molar-refractivity contribution in [1.29, 1.82) is 0 Å².